The van der Waals surface area contributed by atoms with Crippen LogP contribution in [0, 0.1) is 0 Å². The molecular weight excluding hydrogens is 250 g/mol. The van der Waals surface area contributed by atoms with Crippen LogP contribution in [0.5, 0.6) is 0 Å². The minimum Gasteiger partial charge on any atom is -0.469 e. The number of benzene rings is 2. The summed E-state index contributed by atoms with van der Waals surface area (Å²) in [6, 6.07) is 16.2. The number of esters is 1. The predicted octanol–water partition coefficient (Wildman–Crippen LogP) is 3.43. The number of nitrogens with two attached hydrogens (primary N) is 1. The van der Waals surface area contributed by atoms with Gasteiger partial charge in [-0.05, 0) is 41.7 Å². The average molecular weight is 269 g/mol. The first-order valence-electron chi connectivity index (χ1n) is 6.71. The van der Waals surface area contributed by atoms with Crippen LogP contribution in [0.1, 0.15) is 18.4 Å². The molecule has 0 amide bonds. The molecule has 0 heterocycles. The van der Waals surface area contributed by atoms with Crippen molar-refractivity contribution in [2.45, 2.75) is 19.3 Å². The van der Waals surface area contributed by atoms with Crippen LogP contribution >= 0.6 is 0 Å². The second-order valence-corrected chi connectivity index (χ2v) is 4.75. The number of ether oxygens (including phenoxy) is 1. The minimum atomic E-state index is -0.150. The molecule has 2 N–H and O–H groups in total. The number of rotatable bonds is 5. The maximum absolute atomic E-state index is 11.0. The van der Waals surface area contributed by atoms with E-state index in [4.69, 9.17) is 5.73 Å². The SMILES string of the molecule is COC(=O)CCCc1ccc(-c2ccc(N)cc2)cc1. The van der Waals surface area contributed by atoms with E-state index in [1.54, 1.807) is 0 Å². The lowest BCUT2D eigenvalue weighted by atomic mass is 10.0. The fraction of sp³-hybridized carbons (Fsp3) is 0.235. The highest BCUT2D eigenvalue weighted by atomic mass is 16.5. The number of carbonyl (C=O) groups excluding carboxylic acids is 1. The van der Waals surface area contributed by atoms with E-state index in [9.17, 15) is 4.79 Å². The van der Waals surface area contributed by atoms with Crippen molar-refractivity contribution in [3.8, 4) is 11.1 Å². The van der Waals surface area contributed by atoms with Crippen LogP contribution in [0.2, 0.25) is 0 Å². The molecule has 0 unspecified atom stereocenters. The molecule has 0 saturated heterocycles. The van der Waals surface area contributed by atoms with Gasteiger partial charge in [0.2, 0.25) is 0 Å². The fourth-order valence-electron chi connectivity index (χ4n) is 2.08. The highest BCUT2D eigenvalue weighted by Crippen LogP contribution is 2.21. The van der Waals surface area contributed by atoms with Crippen molar-refractivity contribution in [3.63, 3.8) is 0 Å². The summed E-state index contributed by atoms with van der Waals surface area (Å²) in [5.41, 5.74) is 10.0. The van der Waals surface area contributed by atoms with Crippen LogP contribution in [0.15, 0.2) is 48.5 Å². The van der Waals surface area contributed by atoms with Gasteiger partial charge < -0.3 is 10.5 Å². The highest BCUT2D eigenvalue weighted by molar-refractivity contribution is 5.69. The third-order valence-corrected chi connectivity index (χ3v) is 3.27. The van der Waals surface area contributed by atoms with Crippen molar-refractivity contribution >= 4 is 11.7 Å². The Labute approximate surface area is 119 Å². The third kappa shape index (κ3) is 3.85. The summed E-state index contributed by atoms with van der Waals surface area (Å²) in [5.74, 6) is -0.150. The zero-order valence-corrected chi connectivity index (χ0v) is 11.6. The molecule has 0 aliphatic heterocycles. The van der Waals surface area contributed by atoms with E-state index < -0.39 is 0 Å². The first-order chi connectivity index (χ1) is 9.69. The molecule has 2 rings (SSSR count). The molecule has 2 aromatic carbocycles. The molecule has 0 radical (unpaired) electrons. The van der Waals surface area contributed by atoms with Crippen LogP contribution in [-0.2, 0) is 16.0 Å². The van der Waals surface area contributed by atoms with Crippen LogP contribution in [-0.4, -0.2) is 13.1 Å². The molecule has 20 heavy (non-hydrogen) atoms. The monoisotopic (exact) mass is 269 g/mol. The summed E-state index contributed by atoms with van der Waals surface area (Å²) in [7, 11) is 1.42. The van der Waals surface area contributed by atoms with Gasteiger partial charge in [-0.25, -0.2) is 0 Å². The molecule has 2 aromatic rings. The van der Waals surface area contributed by atoms with Gasteiger partial charge in [0, 0.05) is 12.1 Å². The molecule has 3 nitrogen and oxygen atoms in total. The number of aryl methyl sites for hydroxylation is 1. The van der Waals surface area contributed by atoms with Gasteiger partial charge in [0.1, 0.15) is 0 Å². The van der Waals surface area contributed by atoms with E-state index in [2.05, 4.69) is 29.0 Å². The second kappa shape index (κ2) is 6.75. The highest BCUT2D eigenvalue weighted by Gasteiger charge is 2.01. The summed E-state index contributed by atoms with van der Waals surface area (Å²) < 4.78 is 4.63. The Balaban J connectivity index is 1.96. The molecule has 104 valence electrons. The lowest BCUT2D eigenvalue weighted by molar-refractivity contribution is -0.140. The van der Waals surface area contributed by atoms with E-state index in [1.165, 1.54) is 18.2 Å². The standard InChI is InChI=1S/C17H19NO2/c1-20-17(19)4-2-3-13-5-7-14(8-6-13)15-9-11-16(18)12-10-15/h5-12H,2-4,18H2,1H3. The van der Waals surface area contributed by atoms with Crippen LogP contribution < -0.4 is 5.73 Å². The van der Waals surface area contributed by atoms with Crippen LogP contribution in [0.3, 0.4) is 0 Å². The number of hydrogen-bond acceptors (Lipinski definition) is 3. The number of methoxy groups -OCH3 is 1. The van der Waals surface area contributed by atoms with E-state index >= 15 is 0 Å². The van der Waals surface area contributed by atoms with Crippen molar-refractivity contribution in [1.82, 2.24) is 0 Å². The molecule has 0 aromatic heterocycles. The van der Waals surface area contributed by atoms with E-state index in [-0.39, 0.29) is 5.97 Å². The summed E-state index contributed by atoms with van der Waals surface area (Å²) in [6.07, 6.45) is 2.17. The van der Waals surface area contributed by atoms with Crippen molar-refractivity contribution in [3.05, 3.63) is 54.1 Å². The van der Waals surface area contributed by atoms with E-state index in [1.807, 2.05) is 24.3 Å². The normalized spacial score (nSPS) is 10.2. The lowest BCUT2D eigenvalue weighted by Gasteiger charge is -2.05. The summed E-state index contributed by atoms with van der Waals surface area (Å²) in [6.45, 7) is 0. The lowest BCUT2D eigenvalue weighted by Crippen LogP contribution is -2.00. The molecule has 0 aliphatic rings. The van der Waals surface area contributed by atoms with Crippen molar-refractivity contribution in [2.24, 2.45) is 0 Å². The second-order valence-electron chi connectivity index (χ2n) is 4.75. The minimum absolute atomic E-state index is 0.150. The first kappa shape index (κ1) is 14.1. The Bertz CT molecular complexity index is 559. The summed E-state index contributed by atoms with van der Waals surface area (Å²) in [5, 5.41) is 0. The molecule has 0 saturated carbocycles. The van der Waals surface area contributed by atoms with E-state index in [0.29, 0.717) is 6.42 Å². The van der Waals surface area contributed by atoms with Crippen LogP contribution in [0.25, 0.3) is 11.1 Å². The fourth-order valence-corrected chi connectivity index (χ4v) is 2.08. The third-order valence-electron chi connectivity index (χ3n) is 3.27. The Kier molecular flexibility index (Phi) is 4.77. The number of hydrogen-bond donors (Lipinski definition) is 1. The maximum atomic E-state index is 11.0. The van der Waals surface area contributed by atoms with Gasteiger partial charge in [-0.1, -0.05) is 36.4 Å². The van der Waals surface area contributed by atoms with Gasteiger partial charge in [0.05, 0.1) is 7.11 Å². The molecule has 0 spiro atoms. The molecular formula is C17H19NO2. The van der Waals surface area contributed by atoms with E-state index in [0.717, 1.165) is 24.1 Å². The smallest absolute Gasteiger partial charge is 0.305 e. The Morgan fingerprint density at radius 3 is 2.10 bits per heavy atom. The zero-order chi connectivity index (χ0) is 14.4. The van der Waals surface area contributed by atoms with Gasteiger partial charge in [0.25, 0.3) is 0 Å². The zero-order valence-electron chi connectivity index (χ0n) is 11.6. The Morgan fingerprint density at radius 1 is 1.00 bits per heavy atom. The van der Waals surface area contributed by atoms with Gasteiger partial charge in [-0.3, -0.25) is 4.79 Å². The van der Waals surface area contributed by atoms with Crippen LogP contribution in [0.4, 0.5) is 5.69 Å². The maximum Gasteiger partial charge on any atom is 0.305 e. The predicted molar refractivity (Wildman–Crippen MR) is 81.2 cm³/mol. The first-order valence-corrected chi connectivity index (χ1v) is 6.71. The average Bonchev–Trinajstić information content (AvgIpc) is 2.48. The van der Waals surface area contributed by atoms with Gasteiger partial charge >= 0.3 is 5.97 Å². The van der Waals surface area contributed by atoms with Gasteiger partial charge in [0.15, 0.2) is 0 Å². The Morgan fingerprint density at radius 2 is 1.55 bits per heavy atom. The Hall–Kier alpha value is -2.29. The van der Waals surface area contributed by atoms with Crippen molar-refractivity contribution < 1.29 is 9.53 Å². The van der Waals surface area contributed by atoms with Gasteiger partial charge in [-0.15, -0.1) is 0 Å². The molecule has 3 heteroatoms. The molecule has 0 bridgehead atoms. The van der Waals surface area contributed by atoms with Gasteiger partial charge in [-0.2, -0.15) is 0 Å². The summed E-state index contributed by atoms with van der Waals surface area (Å²) in [4.78, 5) is 11.0. The largest absolute Gasteiger partial charge is 0.469 e. The number of carbonyl (C=O) groups is 1. The summed E-state index contributed by atoms with van der Waals surface area (Å²) >= 11 is 0. The van der Waals surface area contributed by atoms with Crippen molar-refractivity contribution in [2.75, 3.05) is 12.8 Å². The quantitative estimate of drug-likeness (QED) is 0.668. The molecule has 0 aliphatic carbocycles. The number of anilines is 1. The van der Waals surface area contributed by atoms with Crippen molar-refractivity contribution in [1.29, 1.82) is 0 Å². The topological polar surface area (TPSA) is 52.3 Å². The number of nitrogen functional groups attached to an aromatic ring is 1. The molecule has 0 fully saturated rings. The molecule has 0 atom stereocenters.